The molecule has 3 aromatic rings. The molecular weight excluding hydrogens is 453 g/mol. The first-order chi connectivity index (χ1) is 12.7. The van der Waals surface area contributed by atoms with Crippen molar-refractivity contribution >= 4 is 29.9 Å². The molecule has 0 saturated heterocycles. The van der Waals surface area contributed by atoms with E-state index in [9.17, 15) is 0 Å². The van der Waals surface area contributed by atoms with Gasteiger partial charge in [-0.05, 0) is 43.7 Å². The Morgan fingerprint density at radius 1 is 1.15 bits per heavy atom. The zero-order valence-corrected chi connectivity index (χ0v) is 18.2. The van der Waals surface area contributed by atoms with Gasteiger partial charge in [-0.15, -0.1) is 24.0 Å². The number of nitrogens with one attached hydrogen (secondary N) is 2. The minimum absolute atomic E-state index is 0. The Kier molecular flexibility index (Phi) is 7.90. The molecule has 3 rings (SSSR count). The number of hydrogen-bond donors (Lipinski definition) is 2. The van der Waals surface area contributed by atoms with Crippen LogP contribution < -0.4 is 10.6 Å². The van der Waals surface area contributed by atoms with Crippen LogP contribution >= 0.6 is 24.0 Å². The Hall–Kier alpha value is -2.29. The summed E-state index contributed by atoms with van der Waals surface area (Å²) < 4.78 is 7.33. The van der Waals surface area contributed by atoms with Gasteiger partial charge < -0.3 is 15.1 Å². The van der Waals surface area contributed by atoms with Gasteiger partial charge in [0.05, 0.1) is 17.6 Å². The molecule has 0 atom stereocenters. The van der Waals surface area contributed by atoms with Crippen LogP contribution in [0.5, 0.6) is 0 Å². The van der Waals surface area contributed by atoms with Crippen molar-refractivity contribution in [1.82, 2.24) is 20.4 Å². The van der Waals surface area contributed by atoms with Gasteiger partial charge in [-0.3, -0.25) is 4.99 Å². The lowest BCUT2D eigenvalue weighted by atomic mass is 10.1. The van der Waals surface area contributed by atoms with Crippen LogP contribution in [0.4, 0.5) is 0 Å². The second-order valence-electron chi connectivity index (χ2n) is 6.15. The van der Waals surface area contributed by atoms with Crippen LogP contribution in [0.15, 0.2) is 58.1 Å². The predicted octanol–water partition coefficient (Wildman–Crippen LogP) is 3.61. The molecule has 0 aliphatic carbocycles. The summed E-state index contributed by atoms with van der Waals surface area (Å²) in [7, 11) is 1.77. The lowest BCUT2D eigenvalue weighted by molar-refractivity contribution is 0.507. The van der Waals surface area contributed by atoms with Gasteiger partial charge in [0.15, 0.2) is 5.96 Å². The van der Waals surface area contributed by atoms with E-state index in [0.29, 0.717) is 6.54 Å². The standard InChI is InChI=1S/C20H25N5O.HI/c1-15-13-16(2)25(24-15)19-9-5-4-7-17(19)14-23-20(21-3)22-11-10-18-8-6-12-26-18;/h4-9,12-13H,10-11,14H2,1-3H3,(H2,21,22,23);1H. The first-order valence-corrected chi connectivity index (χ1v) is 8.76. The van der Waals surface area contributed by atoms with Crippen LogP contribution in [-0.4, -0.2) is 29.3 Å². The Bertz CT molecular complexity index is 870. The van der Waals surface area contributed by atoms with Gasteiger partial charge in [0, 0.05) is 32.3 Å². The number of furan rings is 1. The fraction of sp³-hybridized carbons (Fsp3) is 0.300. The molecule has 0 fully saturated rings. The van der Waals surface area contributed by atoms with Crippen molar-refractivity contribution in [2.45, 2.75) is 26.8 Å². The average molecular weight is 479 g/mol. The fourth-order valence-electron chi connectivity index (χ4n) is 2.90. The number of para-hydroxylation sites is 1. The molecule has 6 nitrogen and oxygen atoms in total. The zero-order valence-electron chi connectivity index (χ0n) is 15.9. The van der Waals surface area contributed by atoms with Gasteiger partial charge in [0.1, 0.15) is 5.76 Å². The summed E-state index contributed by atoms with van der Waals surface area (Å²) in [6, 6.07) is 14.2. The van der Waals surface area contributed by atoms with Crippen LogP contribution in [0.1, 0.15) is 22.7 Å². The number of halogens is 1. The molecule has 0 amide bonds. The summed E-state index contributed by atoms with van der Waals surface area (Å²) in [6.07, 6.45) is 2.51. The van der Waals surface area contributed by atoms with E-state index < -0.39 is 0 Å². The van der Waals surface area contributed by atoms with Crippen molar-refractivity contribution in [3.8, 4) is 5.69 Å². The van der Waals surface area contributed by atoms with Gasteiger partial charge in [-0.1, -0.05) is 18.2 Å². The highest BCUT2D eigenvalue weighted by Gasteiger charge is 2.09. The summed E-state index contributed by atoms with van der Waals surface area (Å²) in [5.74, 6) is 1.72. The molecule has 0 spiro atoms. The number of hydrogen-bond acceptors (Lipinski definition) is 3. The summed E-state index contributed by atoms with van der Waals surface area (Å²) in [5.41, 5.74) is 4.38. The average Bonchev–Trinajstić information content (AvgIpc) is 3.27. The lowest BCUT2D eigenvalue weighted by Crippen LogP contribution is -2.38. The maximum atomic E-state index is 5.35. The van der Waals surface area contributed by atoms with Crippen molar-refractivity contribution in [3.63, 3.8) is 0 Å². The van der Waals surface area contributed by atoms with Gasteiger partial charge in [-0.2, -0.15) is 5.10 Å². The van der Waals surface area contributed by atoms with Crippen LogP contribution in [-0.2, 0) is 13.0 Å². The molecular formula is C20H26IN5O. The van der Waals surface area contributed by atoms with Crippen molar-refractivity contribution in [2.24, 2.45) is 4.99 Å². The van der Waals surface area contributed by atoms with E-state index in [4.69, 9.17) is 4.42 Å². The van der Waals surface area contributed by atoms with E-state index in [1.807, 2.05) is 35.9 Å². The molecule has 0 radical (unpaired) electrons. The molecule has 144 valence electrons. The van der Waals surface area contributed by atoms with Crippen molar-refractivity contribution in [2.75, 3.05) is 13.6 Å². The highest BCUT2D eigenvalue weighted by Crippen LogP contribution is 2.16. The molecule has 0 aliphatic rings. The van der Waals surface area contributed by atoms with Gasteiger partial charge in [0.2, 0.25) is 0 Å². The zero-order chi connectivity index (χ0) is 18.4. The highest BCUT2D eigenvalue weighted by atomic mass is 127. The predicted molar refractivity (Wildman–Crippen MR) is 119 cm³/mol. The number of aromatic nitrogens is 2. The van der Waals surface area contributed by atoms with E-state index in [2.05, 4.69) is 45.8 Å². The normalized spacial score (nSPS) is 11.1. The molecule has 2 heterocycles. The molecule has 0 saturated carbocycles. The molecule has 0 bridgehead atoms. The Labute approximate surface area is 177 Å². The number of nitrogens with zero attached hydrogens (tertiary/aromatic N) is 3. The summed E-state index contributed by atoms with van der Waals surface area (Å²) >= 11 is 0. The van der Waals surface area contributed by atoms with Crippen molar-refractivity contribution < 1.29 is 4.42 Å². The first kappa shape index (κ1) is 21.0. The van der Waals surface area contributed by atoms with E-state index in [0.717, 1.165) is 47.3 Å². The summed E-state index contributed by atoms with van der Waals surface area (Å²) in [6.45, 7) is 5.50. The SMILES string of the molecule is CN=C(NCCc1ccco1)NCc1ccccc1-n1nc(C)cc1C.I. The monoisotopic (exact) mass is 479 g/mol. The number of aryl methyl sites for hydroxylation is 2. The van der Waals surface area contributed by atoms with Crippen LogP contribution in [0.2, 0.25) is 0 Å². The van der Waals surface area contributed by atoms with E-state index in [1.54, 1.807) is 13.3 Å². The Morgan fingerprint density at radius 3 is 2.63 bits per heavy atom. The number of rotatable bonds is 6. The number of guanidine groups is 1. The molecule has 2 N–H and O–H groups in total. The van der Waals surface area contributed by atoms with E-state index in [-0.39, 0.29) is 24.0 Å². The summed E-state index contributed by atoms with van der Waals surface area (Å²) in [5, 5.41) is 11.3. The molecule has 2 aromatic heterocycles. The Balaban J connectivity index is 0.00000261. The second-order valence-corrected chi connectivity index (χ2v) is 6.15. The topological polar surface area (TPSA) is 67.4 Å². The molecule has 7 heteroatoms. The quantitative estimate of drug-likeness (QED) is 0.322. The summed E-state index contributed by atoms with van der Waals surface area (Å²) in [4.78, 5) is 4.29. The second kappa shape index (κ2) is 10.1. The maximum Gasteiger partial charge on any atom is 0.191 e. The molecule has 1 aromatic carbocycles. The largest absolute Gasteiger partial charge is 0.469 e. The number of benzene rings is 1. The van der Waals surface area contributed by atoms with Crippen LogP contribution in [0.3, 0.4) is 0 Å². The maximum absolute atomic E-state index is 5.35. The number of aliphatic imine (C=N–C) groups is 1. The smallest absolute Gasteiger partial charge is 0.191 e. The minimum atomic E-state index is 0. The fourth-order valence-corrected chi connectivity index (χ4v) is 2.90. The van der Waals surface area contributed by atoms with Crippen molar-refractivity contribution in [1.29, 1.82) is 0 Å². The lowest BCUT2D eigenvalue weighted by Gasteiger charge is -2.15. The third kappa shape index (κ3) is 5.59. The third-order valence-electron chi connectivity index (χ3n) is 4.14. The van der Waals surface area contributed by atoms with Crippen LogP contribution in [0, 0.1) is 13.8 Å². The van der Waals surface area contributed by atoms with E-state index >= 15 is 0 Å². The van der Waals surface area contributed by atoms with Gasteiger partial charge in [-0.25, -0.2) is 4.68 Å². The molecule has 27 heavy (non-hydrogen) atoms. The van der Waals surface area contributed by atoms with Crippen molar-refractivity contribution in [3.05, 3.63) is 71.4 Å². The molecule has 0 unspecified atom stereocenters. The first-order valence-electron chi connectivity index (χ1n) is 8.76. The highest BCUT2D eigenvalue weighted by molar-refractivity contribution is 14.0. The third-order valence-corrected chi connectivity index (χ3v) is 4.14. The van der Waals surface area contributed by atoms with Gasteiger partial charge in [0.25, 0.3) is 0 Å². The Morgan fingerprint density at radius 2 is 1.96 bits per heavy atom. The van der Waals surface area contributed by atoms with E-state index in [1.165, 1.54) is 0 Å². The molecule has 0 aliphatic heterocycles. The van der Waals surface area contributed by atoms with Crippen LogP contribution in [0.25, 0.3) is 5.69 Å². The van der Waals surface area contributed by atoms with Gasteiger partial charge >= 0.3 is 0 Å². The minimum Gasteiger partial charge on any atom is -0.469 e.